The summed E-state index contributed by atoms with van der Waals surface area (Å²) >= 11 is 0. The zero-order chi connectivity index (χ0) is 19.6. The second-order valence-electron chi connectivity index (χ2n) is 6.38. The Balaban J connectivity index is 1.66. The summed E-state index contributed by atoms with van der Waals surface area (Å²) in [7, 11) is 3.46. The van der Waals surface area contributed by atoms with Crippen LogP contribution in [-0.4, -0.2) is 64.6 Å². The van der Waals surface area contributed by atoms with Crippen LogP contribution in [-0.2, 0) is 11.8 Å². The molecule has 1 unspecified atom stereocenters. The lowest BCUT2D eigenvalue weighted by Crippen LogP contribution is -2.53. The summed E-state index contributed by atoms with van der Waals surface area (Å²) in [5, 5.41) is 7.06. The molecule has 0 bridgehead atoms. The molecule has 1 aromatic heterocycles. The van der Waals surface area contributed by atoms with E-state index >= 15 is 0 Å². The Morgan fingerprint density at radius 2 is 1.70 bits per heavy atom. The smallest absolute Gasteiger partial charge is 0.259 e. The van der Waals surface area contributed by atoms with Gasteiger partial charge >= 0.3 is 0 Å². The fourth-order valence-corrected chi connectivity index (χ4v) is 3.19. The Hall–Kier alpha value is -2.81. The maximum atomic E-state index is 13.8. The lowest BCUT2D eigenvalue weighted by Gasteiger charge is -2.36. The van der Waals surface area contributed by atoms with E-state index in [1.807, 2.05) is 0 Å². The molecule has 27 heavy (non-hydrogen) atoms. The maximum absolute atomic E-state index is 13.8. The third kappa shape index (κ3) is 3.82. The van der Waals surface area contributed by atoms with Gasteiger partial charge in [-0.15, -0.1) is 0 Å². The van der Waals surface area contributed by atoms with E-state index < -0.39 is 29.1 Å². The van der Waals surface area contributed by atoms with Gasteiger partial charge in [-0.3, -0.25) is 14.3 Å². The second kappa shape index (κ2) is 7.83. The Bertz CT molecular complexity index is 826. The number of carbonyl (C=O) groups is 2. The SMILES string of the molecule is CNC(C(=O)N1CCN(C(=O)c2c(F)cccc2F)CC1)c1cnn(C)c1. The van der Waals surface area contributed by atoms with E-state index in [9.17, 15) is 18.4 Å². The fraction of sp³-hybridized carbons (Fsp3) is 0.389. The molecule has 2 aromatic rings. The van der Waals surface area contributed by atoms with Crippen molar-refractivity contribution in [2.75, 3.05) is 33.2 Å². The quantitative estimate of drug-likeness (QED) is 0.861. The highest BCUT2D eigenvalue weighted by Crippen LogP contribution is 2.19. The first-order chi connectivity index (χ1) is 12.9. The average molecular weight is 377 g/mol. The zero-order valence-corrected chi connectivity index (χ0v) is 15.2. The van der Waals surface area contributed by atoms with Gasteiger partial charge in [0.25, 0.3) is 5.91 Å². The van der Waals surface area contributed by atoms with Crippen molar-refractivity contribution in [3.63, 3.8) is 0 Å². The third-order valence-electron chi connectivity index (χ3n) is 4.65. The number of aromatic nitrogens is 2. The van der Waals surface area contributed by atoms with Crippen molar-refractivity contribution in [3.05, 3.63) is 53.4 Å². The summed E-state index contributed by atoms with van der Waals surface area (Å²) in [5.41, 5.74) is 0.192. The van der Waals surface area contributed by atoms with Crippen LogP contribution in [0.15, 0.2) is 30.6 Å². The highest BCUT2D eigenvalue weighted by molar-refractivity contribution is 5.95. The number of amides is 2. The molecule has 0 aliphatic carbocycles. The number of piperazine rings is 1. The molecule has 1 N–H and O–H groups in total. The minimum absolute atomic E-state index is 0.130. The van der Waals surface area contributed by atoms with E-state index in [1.54, 1.807) is 36.1 Å². The van der Waals surface area contributed by atoms with Crippen molar-refractivity contribution < 1.29 is 18.4 Å². The van der Waals surface area contributed by atoms with E-state index in [4.69, 9.17) is 0 Å². The Morgan fingerprint density at radius 1 is 1.11 bits per heavy atom. The standard InChI is InChI=1S/C18H21F2N5O2/c1-21-16(12-10-22-23(2)11-12)18(27)25-8-6-24(7-9-25)17(26)15-13(19)4-3-5-14(15)20/h3-5,10-11,16,21H,6-9H2,1-2H3. The molecule has 1 aliphatic rings. The Morgan fingerprint density at radius 3 is 2.22 bits per heavy atom. The van der Waals surface area contributed by atoms with Crippen LogP contribution in [0, 0.1) is 11.6 Å². The maximum Gasteiger partial charge on any atom is 0.259 e. The molecule has 3 rings (SSSR count). The van der Waals surface area contributed by atoms with E-state index in [-0.39, 0.29) is 19.0 Å². The number of hydrogen-bond donors (Lipinski definition) is 1. The number of aryl methyl sites for hydroxylation is 1. The van der Waals surface area contributed by atoms with Gasteiger partial charge in [0, 0.05) is 45.0 Å². The van der Waals surface area contributed by atoms with E-state index in [2.05, 4.69) is 10.4 Å². The number of halogens is 2. The molecule has 144 valence electrons. The van der Waals surface area contributed by atoms with Crippen molar-refractivity contribution in [3.8, 4) is 0 Å². The normalized spacial score (nSPS) is 15.7. The molecule has 7 nitrogen and oxygen atoms in total. The Kier molecular flexibility index (Phi) is 5.50. The van der Waals surface area contributed by atoms with Crippen LogP contribution in [0.1, 0.15) is 22.0 Å². The van der Waals surface area contributed by atoms with Gasteiger partial charge in [0.05, 0.1) is 6.20 Å². The number of rotatable bonds is 4. The van der Waals surface area contributed by atoms with Crippen molar-refractivity contribution in [2.45, 2.75) is 6.04 Å². The Labute approximate surface area is 155 Å². The number of nitrogens with one attached hydrogen (secondary N) is 1. The molecule has 2 heterocycles. The average Bonchev–Trinajstić information content (AvgIpc) is 3.08. The molecule has 9 heteroatoms. The van der Waals surface area contributed by atoms with Gasteiger partial charge in [-0.25, -0.2) is 8.78 Å². The topological polar surface area (TPSA) is 70.5 Å². The summed E-state index contributed by atoms with van der Waals surface area (Å²) in [4.78, 5) is 28.2. The van der Waals surface area contributed by atoms with Crippen LogP contribution < -0.4 is 5.32 Å². The van der Waals surface area contributed by atoms with E-state index in [0.717, 1.165) is 17.7 Å². The van der Waals surface area contributed by atoms with Gasteiger partial charge in [0.1, 0.15) is 23.2 Å². The van der Waals surface area contributed by atoms with Gasteiger partial charge in [-0.2, -0.15) is 5.10 Å². The van der Waals surface area contributed by atoms with Crippen LogP contribution in [0.25, 0.3) is 0 Å². The van der Waals surface area contributed by atoms with Crippen molar-refractivity contribution in [1.29, 1.82) is 0 Å². The first-order valence-electron chi connectivity index (χ1n) is 8.60. The molecule has 1 atom stereocenters. The first-order valence-corrected chi connectivity index (χ1v) is 8.60. The van der Waals surface area contributed by atoms with Gasteiger partial charge in [0.15, 0.2) is 0 Å². The molecule has 2 amide bonds. The largest absolute Gasteiger partial charge is 0.337 e. The second-order valence-corrected chi connectivity index (χ2v) is 6.38. The predicted octanol–water partition coefficient (Wildman–Crippen LogP) is 0.943. The van der Waals surface area contributed by atoms with E-state index in [0.29, 0.717) is 13.1 Å². The molecule has 1 aromatic carbocycles. The molecule has 0 saturated carbocycles. The lowest BCUT2D eigenvalue weighted by molar-refractivity contribution is -0.135. The van der Waals surface area contributed by atoms with Crippen LogP contribution >= 0.6 is 0 Å². The molecule has 0 radical (unpaired) electrons. The van der Waals surface area contributed by atoms with Crippen LogP contribution in [0.4, 0.5) is 8.78 Å². The highest BCUT2D eigenvalue weighted by Gasteiger charge is 2.31. The van der Waals surface area contributed by atoms with Crippen LogP contribution in [0.3, 0.4) is 0 Å². The molecule has 1 fully saturated rings. The highest BCUT2D eigenvalue weighted by atomic mass is 19.1. The third-order valence-corrected chi connectivity index (χ3v) is 4.65. The van der Waals surface area contributed by atoms with Crippen LogP contribution in [0.2, 0.25) is 0 Å². The van der Waals surface area contributed by atoms with Crippen molar-refractivity contribution in [2.24, 2.45) is 7.05 Å². The number of carbonyl (C=O) groups excluding carboxylic acids is 2. The fourth-order valence-electron chi connectivity index (χ4n) is 3.19. The summed E-state index contributed by atoms with van der Waals surface area (Å²) in [6.45, 7) is 1.00. The predicted molar refractivity (Wildman–Crippen MR) is 93.9 cm³/mol. The first kappa shape index (κ1) is 19.0. The molecule has 1 aliphatic heterocycles. The van der Waals surface area contributed by atoms with Gasteiger partial charge < -0.3 is 15.1 Å². The number of likely N-dealkylation sites (N-methyl/N-ethyl adjacent to an activating group) is 1. The number of hydrogen-bond acceptors (Lipinski definition) is 4. The number of nitrogens with zero attached hydrogens (tertiary/aromatic N) is 4. The number of benzene rings is 1. The molecular formula is C18H21F2N5O2. The minimum atomic E-state index is -0.884. The van der Waals surface area contributed by atoms with E-state index in [1.165, 1.54) is 11.0 Å². The van der Waals surface area contributed by atoms with Crippen LogP contribution in [0.5, 0.6) is 0 Å². The lowest BCUT2D eigenvalue weighted by atomic mass is 10.1. The molecule has 1 saturated heterocycles. The summed E-state index contributed by atoms with van der Waals surface area (Å²) in [6, 6.07) is 2.79. The molecular weight excluding hydrogens is 356 g/mol. The summed E-state index contributed by atoms with van der Waals surface area (Å²) in [6.07, 6.45) is 3.39. The molecule has 0 spiro atoms. The summed E-state index contributed by atoms with van der Waals surface area (Å²) in [5.74, 6) is -2.60. The van der Waals surface area contributed by atoms with Crippen molar-refractivity contribution in [1.82, 2.24) is 24.9 Å². The van der Waals surface area contributed by atoms with Crippen molar-refractivity contribution >= 4 is 11.8 Å². The summed E-state index contributed by atoms with van der Waals surface area (Å²) < 4.78 is 29.3. The van der Waals surface area contributed by atoms with Gasteiger partial charge in [-0.05, 0) is 19.2 Å². The van der Waals surface area contributed by atoms with Gasteiger partial charge in [0.2, 0.25) is 5.91 Å². The zero-order valence-electron chi connectivity index (χ0n) is 15.2. The minimum Gasteiger partial charge on any atom is -0.337 e. The monoisotopic (exact) mass is 377 g/mol. The van der Waals surface area contributed by atoms with Gasteiger partial charge in [-0.1, -0.05) is 6.07 Å².